The molecule has 3 rings (SSSR count). The van der Waals surface area contributed by atoms with Crippen LogP contribution in [0.4, 0.5) is 11.4 Å². The molecule has 0 aliphatic carbocycles. The molecule has 184 valence electrons. The van der Waals surface area contributed by atoms with E-state index in [0.29, 0.717) is 29.8 Å². The minimum atomic E-state index is -5.26. The number of aryl methyl sites for hydroxylation is 1. The molecule has 0 spiro atoms. The Morgan fingerprint density at radius 1 is 0.706 bits per heavy atom. The van der Waals surface area contributed by atoms with Crippen LogP contribution in [-0.4, -0.2) is 47.3 Å². The first kappa shape index (κ1) is 25.8. The minimum Gasteiger partial charge on any atom is -0.398 e. The molecule has 0 aliphatic heterocycles. The number of benzene rings is 3. The second kappa shape index (κ2) is 8.15. The third-order valence-corrected chi connectivity index (χ3v) is 8.51. The average Bonchev–Trinajstić information content (AvgIpc) is 2.64. The molecule has 0 atom stereocenters. The Bertz CT molecular complexity index is 1770. The van der Waals surface area contributed by atoms with E-state index < -0.39 is 76.4 Å². The molecule has 0 amide bonds. The van der Waals surface area contributed by atoms with E-state index in [1.54, 1.807) is 6.92 Å². The summed E-state index contributed by atoms with van der Waals surface area (Å²) in [7, 11) is -20.0. The Kier molecular flexibility index (Phi) is 6.19. The van der Waals surface area contributed by atoms with Crippen molar-refractivity contribution in [2.45, 2.75) is 26.5 Å². The zero-order valence-electron chi connectivity index (χ0n) is 16.9. The Hall–Kier alpha value is -2.80. The molecule has 0 fully saturated rings. The average molecular weight is 553 g/mol. The van der Waals surface area contributed by atoms with Gasteiger partial charge in [0.05, 0.1) is 21.2 Å². The second-order valence-corrected chi connectivity index (χ2v) is 12.9. The third-order valence-electron chi connectivity index (χ3n) is 4.53. The van der Waals surface area contributed by atoms with Crippen LogP contribution < -0.4 is 10.5 Å². The van der Waals surface area contributed by atoms with Crippen molar-refractivity contribution in [1.29, 1.82) is 0 Å². The summed E-state index contributed by atoms with van der Waals surface area (Å²) in [6.45, 7) is 1.63. The number of nitrogens with one attached hydrogen (secondary N) is 1. The van der Waals surface area contributed by atoms with Gasteiger partial charge in [0.2, 0.25) is 0 Å². The number of nitrogens with two attached hydrogens (primary N) is 1. The molecule has 0 saturated heterocycles. The molecule has 6 N–H and O–H groups in total. The van der Waals surface area contributed by atoms with Gasteiger partial charge in [-0.25, -0.2) is 8.42 Å². The third kappa shape index (κ3) is 5.14. The van der Waals surface area contributed by atoms with Crippen molar-refractivity contribution in [3.63, 3.8) is 0 Å². The zero-order valence-corrected chi connectivity index (χ0v) is 20.1. The molecule has 0 radical (unpaired) electrons. The quantitative estimate of drug-likeness (QED) is 0.215. The summed E-state index contributed by atoms with van der Waals surface area (Å²) in [6, 6.07) is 5.99. The first-order valence-electron chi connectivity index (χ1n) is 8.74. The smallest absolute Gasteiger partial charge is 0.295 e. The van der Waals surface area contributed by atoms with Gasteiger partial charge in [-0.05, 0) is 54.3 Å². The highest BCUT2D eigenvalue weighted by Gasteiger charge is 2.27. The predicted molar refractivity (Wildman–Crippen MR) is 120 cm³/mol. The van der Waals surface area contributed by atoms with E-state index in [4.69, 9.17) is 5.73 Å². The number of anilines is 2. The standard InChI is InChI=1S/C17H16N2O11S4/c1-9-2-3-15(13(18)4-9)31(20,21)19-14-7-11(32(22,23)24)5-10-6-12(33(25,26)27)8-16(17(10)14)34(28,29)30/h2-8,19H,18H2,1H3,(H,22,23,24)(H,25,26,27)(H,28,29,30). The molecule has 17 heteroatoms. The lowest BCUT2D eigenvalue weighted by Gasteiger charge is -2.16. The highest BCUT2D eigenvalue weighted by molar-refractivity contribution is 7.93. The lowest BCUT2D eigenvalue weighted by molar-refractivity contribution is 0.480. The summed E-state index contributed by atoms with van der Waals surface area (Å²) in [4.78, 5) is -3.65. The highest BCUT2D eigenvalue weighted by atomic mass is 32.2. The Labute approximate surface area is 194 Å². The number of hydrogen-bond acceptors (Lipinski definition) is 9. The number of sulfonamides is 1. The summed E-state index contributed by atoms with van der Waals surface area (Å²) in [5.74, 6) is 0. The van der Waals surface area contributed by atoms with Crippen LogP contribution in [0.25, 0.3) is 10.8 Å². The second-order valence-electron chi connectivity index (χ2n) is 7.06. The number of nitrogen functional groups attached to an aromatic ring is 1. The molecule has 3 aromatic rings. The van der Waals surface area contributed by atoms with E-state index >= 15 is 0 Å². The molecule has 0 aromatic heterocycles. The minimum absolute atomic E-state index is 0.202. The van der Waals surface area contributed by atoms with Crippen molar-refractivity contribution in [1.82, 2.24) is 0 Å². The van der Waals surface area contributed by atoms with Gasteiger partial charge in [-0.2, -0.15) is 25.3 Å². The van der Waals surface area contributed by atoms with Gasteiger partial charge in [0.25, 0.3) is 40.4 Å². The largest absolute Gasteiger partial charge is 0.398 e. The summed E-state index contributed by atoms with van der Waals surface area (Å²) in [6.07, 6.45) is 0. The molecule has 0 heterocycles. The summed E-state index contributed by atoms with van der Waals surface area (Å²) in [5.41, 5.74) is 5.40. The van der Waals surface area contributed by atoms with Gasteiger partial charge in [-0.1, -0.05) is 6.07 Å². The zero-order chi connectivity index (χ0) is 25.9. The predicted octanol–water partition coefficient (Wildman–Crippen LogP) is 1.27. The summed E-state index contributed by atoms with van der Waals surface area (Å²) in [5, 5.41) is -1.23. The lowest BCUT2D eigenvalue weighted by atomic mass is 10.1. The molecular weight excluding hydrogens is 536 g/mol. The Balaban J connectivity index is 2.47. The van der Waals surface area contributed by atoms with Gasteiger partial charge in [0.15, 0.2) is 0 Å². The number of rotatable bonds is 6. The lowest BCUT2D eigenvalue weighted by Crippen LogP contribution is -2.16. The van der Waals surface area contributed by atoms with Gasteiger partial charge in [0, 0.05) is 5.39 Å². The fourth-order valence-corrected chi connectivity index (χ4v) is 6.21. The van der Waals surface area contributed by atoms with Crippen LogP contribution in [0.3, 0.4) is 0 Å². The Morgan fingerprint density at radius 2 is 1.24 bits per heavy atom. The topological polar surface area (TPSA) is 235 Å². The molecule has 0 unspecified atom stereocenters. The maximum absolute atomic E-state index is 13.0. The molecule has 13 nitrogen and oxygen atoms in total. The molecule has 34 heavy (non-hydrogen) atoms. The normalized spacial score (nSPS) is 13.2. The van der Waals surface area contributed by atoms with E-state index in [2.05, 4.69) is 0 Å². The molecular formula is C17H16N2O11S4. The van der Waals surface area contributed by atoms with E-state index in [1.165, 1.54) is 12.1 Å². The maximum Gasteiger partial charge on any atom is 0.295 e. The summed E-state index contributed by atoms with van der Waals surface area (Å²) >= 11 is 0. The van der Waals surface area contributed by atoms with Crippen molar-refractivity contribution in [3.8, 4) is 0 Å². The van der Waals surface area contributed by atoms with Crippen molar-refractivity contribution < 1.29 is 47.3 Å². The van der Waals surface area contributed by atoms with Crippen molar-refractivity contribution in [3.05, 3.63) is 48.0 Å². The van der Waals surface area contributed by atoms with E-state index in [9.17, 15) is 47.3 Å². The fourth-order valence-electron chi connectivity index (χ4n) is 3.12. The molecule has 0 saturated carbocycles. The van der Waals surface area contributed by atoms with Crippen molar-refractivity contribution in [2.75, 3.05) is 10.5 Å². The molecule has 3 aromatic carbocycles. The van der Waals surface area contributed by atoms with Crippen molar-refractivity contribution in [2.24, 2.45) is 0 Å². The van der Waals surface area contributed by atoms with Crippen LogP contribution in [0, 0.1) is 6.92 Å². The van der Waals surface area contributed by atoms with Crippen LogP contribution in [-0.2, 0) is 40.4 Å². The first-order valence-corrected chi connectivity index (χ1v) is 14.5. The SMILES string of the molecule is Cc1ccc(S(=O)(=O)Nc2cc(S(=O)(=O)O)cc3cc(S(=O)(=O)O)cc(S(=O)(=O)O)c23)c(N)c1. The first-order chi connectivity index (χ1) is 15.3. The van der Waals surface area contributed by atoms with Gasteiger partial charge >= 0.3 is 0 Å². The molecule has 0 aliphatic rings. The van der Waals surface area contributed by atoms with Gasteiger partial charge in [-0.3, -0.25) is 18.4 Å². The number of hydrogen-bond donors (Lipinski definition) is 5. The monoisotopic (exact) mass is 552 g/mol. The summed E-state index contributed by atoms with van der Waals surface area (Å²) < 4.78 is 127. The van der Waals surface area contributed by atoms with Crippen LogP contribution in [0.15, 0.2) is 62.0 Å². The van der Waals surface area contributed by atoms with Gasteiger partial charge < -0.3 is 5.73 Å². The van der Waals surface area contributed by atoms with Crippen LogP contribution >= 0.6 is 0 Å². The van der Waals surface area contributed by atoms with Crippen LogP contribution in [0.2, 0.25) is 0 Å². The number of fused-ring (bicyclic) bond motifs is 1. The van der Waals surface area contributed by atoms with E-state index in [0.717, 1.165) is 6.07 Å². The van der Waals surface area contributed by atoms with E-state index in [-0.39, 0.29) is 5.69 Å². The maximum atomic E-state index is 13.0. The molecule has 0 bridgehead atoms. The van der Waals surface area contributed by atoms with Crippen molar-refractivity contribution >= 4 is 62.5 Å². The fraction of sp³-hybridized carbons (Fsp3) is 0.0588. The van der Waals surface area contributed by atoms with Gasteiger partial charge in [0.1, 0.15) is 9.79 Å². The van der Waals surface area contributed by atoms with Gasteiger partial charge in [-0.15, -0.1) is 0 Å². The van der Waals surface area contributed by atoms with Crippen LogP contribution in [0.1, 0.15) is 5.56 Å². The Morgan fingerprint density at radius 3 is 1.71 bits per heavy atom. The van der Waals surface area contributed by atoms with Crippen LogP contribution in [0.5, 0.6) is 0 Å². The highest BCUT2D eigenvalue weighted by Crippen LogP contribution is 2.36. The van der Waals surface area contributed by atoms with E-state index in [1.807, 2.05) is 4.72 Å².